The Morgan fingerprint density at radius 3 is 2.05 bits per heavy atom. The van der Waals surface area contributed by atoms with Crippen LogP contribution < -0.4 is 9.47 Å². The molecular formula is C30H31F5O2. The molecule has 0 saturated heterocycles. The zero-order chi connectivity index (χ0) is 26.4. The molecule has 0 N–H and O–H groups in total. The highest BCUT2D eigenvalue weighted by Gasteiger charge is 2.31. The Morgan fingerprint density at radius 2 is 1.43 bits per heavy atom. The van der Waals surface area contributed by atoms with Crippen molar-refractivity contribution in [3.05, 3.63) is 77.9 Å². The summed E-state index contributed by atoms with van der Waals surface area (Å²) < 4.78 is 75.5. The summed E-state index contributed by atoms with van der Waals surface area (Å²) in [4.78, 5) is 0. The summed E-state index contributed by atoms with van der Waals surface area (Å²) in [6.07, 6.45) is 5.14. The second-order valence-corrected chi connectivity index (χ2v) is 9.69. The van der Waals surface area contributed by atoms with Gasteiger partial charge in [0, 0.05) is 5.56 Å². The molecule has 0 spiro atoms. The number of halogens is 5. The van der Waals surface area contributed by atoms with Crippen molar-refractivity contribution in [3.63, 3.8) is 0 Å². The number of hydrogen-bond acceptors (Lipinski definition) is 2. The largest absolute Gasteiger partial charge is 0.573 e. The van der Waals surface area contributed by atoms with Crippen molar-refractivity contribution in [2.75, 3.05) is 0 Å². The predicted octanol–water partition coefficient (Wildman–Crippen LogP) is 10.2. The van der Waals surface area contributed by atoms with Gasteiger partial charge in [0.1, 0.15) is 11.5 Å². The predicted molar refractivity (Wildman–Crippen MR) is 134 cm³/mol. The van der Waals surface area contributed by atoms with Crippen LogP contribution in [0.25, 0.3) is 11.1 Å². The summed E-state index contributed by atoms with van der Waals surface area (Å²) in [7, 11) is 0. The van der Waals surface area contributed by atoms with E-state index < -0.39 is 23.7 Å². The second kappa shape index (κ2) is 12.0. The van der Waals surface area contributed by atoms with Crippen LogP contribution in [-0.4, -0.2) is 6.36 Å². The van der Waals surface area contributed by atoms with Crippen LogP contribution >= 0.6 is 0 Å². The Balaban J connectivity index is 1.47. The average molecular weight is 519 g/mol. The first kappa shape index (κ1) is 27.0. The van der Waals surface area contributed by atoms with Crippen LogP contribution in [0, 0.1) is 17.6 Å². The normalized spacial score (nSPS) is 18.0. The molecule has 0 heterocycles. The van der Waals surface area contributed by atoms with Crippen molar-refractivity contribution >= 4 is 0 Å². The lowest BCUT2D eigenvalue weighted by atomic mass is 9.77. The van der Waals surface area contributed by atoms with Gasteiger partial charge < -0.3 is 9.47 Å². The second-order valence-electron chi connectivity index (χ2n) is 9.69. The molecule has 198 valence electrons. The van der Waals surface area contributed by atoms with E-state index in [1.165, 1.54) is 62.3 Å². The van der Waals surface area contributed by atoms with Gasteiger partial charge in [-0.15, -0.1) is 13.2 Å². The van der Waals surface area contributed by atoms with Crippen LogP contribution in [0.3, 0.4) is 0 Å². The summed E-state index contributed by atoms with van der Waals surface area (Å²) in [5, 5.41) is 0. The van der Waals surface area contributed by atoms with Crippen molar-refractivity contribution in [1.29, 1.82) is 0 Å². The highest BCUT2D eigenvalue weighted by atomic mass is 19.4. The van der Waals surface area contributed by atoms with Crippen molar-refractivity contribution in [2.45, 2.75) is 70.6 Å². The quantitative estimate of drug-likeness (QED) is 0.207. The van der Waals surface area contributed by atoms with Gasteiger partial charge in [-0.25, -0.2) is 4.39 Å². The summed E-state index contributed by atoms with van der Waals surface area (Å²) in [5.41, 5.74) is 2.24. The van der Waals surface area contributed by atoms with Gasteiger partial charge >= 0.3 is 6.36 Å². The number of unbranched alkanes of at least 4 members (excludes halogenated alkanes) is 2. The van der Waals surface area contributed by atoms with E-state index in [9.17, 15) is 22.0 Å². The maximum absolute atomic E-state index is 14.8. The third kappa shape index (κ3) is 7.24. The lowest BCUT2D eigenvalue weighted by molar-refractivity contribution is -0.274. The average Bonchev–Trinajstić information content (AvgIpc) is 2.88. The first-order valence-electron chi connectivity index (χ1n) is 12.9. The lowest BCUT2D eigenvalue weighted by Crippen LogP contribution is -2.16. The zero-order valence-electron chi connectivity index (χ0n) is 20.8. The molecule has 1 saturated carbocycles. The van der Waals surface area contributed by atoms with Gasteiger partial charge in [0.25, 0.3) is 0 Å². The van der Waals surface area contributed by atoms with E-state index in [2.05, 4.69) is 11.7 Å². The standard InChI is InChI=1S/C30H31F5O2/c1-2-3-4-5-20-6-8-21(9-7-20)22-10-12-23(13-11-22)26-18-19-27(31)28(32)29(26)36-24-14-16-25(17-15-24)37-30(33,34)35/h10-21H,2-9H2,1H3. The molecule has 0 aromatic heterocycles. The van der Waals surface area contributed by atoms with Crippen molar-refractivity contribution in [3.8, 4) is 28.4 Å². The highest BCUT2D eigenvalue weighted by Crippen LogP contribution is 2.41. The van der Waals surface area contributed by atoms with E-state index in [0.29, 0.717) is 17.0 Å². The van der Waals surface area contributed by atoms with Crippen LogP contribution in [0.2, 0.25) is 0 Å². The monoisotopic (exact) mass is 518 g/mol. The Labute approximate surface area is 214 Å². The molecule has 3 aromatic rings. The topological polar surface area (TPSA) is 18.5 Å². The van der Waals surface area contributed by atoms with Crippen LogP contribution in [0.4, 0.5) is 22.0 Å². The fraction of sp³-hybridized carbons (Fsp3) is 0.400. The summed E-state index contributed by atoms with van der Waals surface area (Å²) in [6.45, 7) is 2.23. The molecule has 37 heavy (non-hydrogen) atoms. The maximum Gasteiger partial charge on any atom is 0.573 e. The van der Waals surface area contributed by atoms with Crippen LogP contribution in [0.5, 0.6) is 17.2 Å². The Kier molecular flexibility index (Phi) is 8.72. The molecule has 2 nitrogen and oxygen atoms in total. The Bertz CT molecular complexity index is 1150. The van der Waals surface area contributed by atoms with E-state index in [0.717, 1.165) is 37.0 Å². The molecule has 1 aliphatic carbocycles. The van der Waals surface area contributed by atoms with Gasteiger partial charge in [-0.2, -0.15) is 4.39 Å². The third-order valence-corrected chi connectivity index (χ3v) is 7.08. The lowest BCUT2D eigenvalue weighted by Gasteiger charge is -2.29. The number of alkyl halides is 3. The minimum absolute atomic E-state index is 0.0487. The molecule has 1 aliphatic rings. The molecule has 0 amide bonds. The Morgan fingerprint density at radius 1 is 0.784 bits per heavy atom. The highest BCUT2D eigenvalue weighted by molar-refractivity contribution is 5.71. The minimum atomic E-state index is -4.83. The van der Waals surface area contributed by atoms with Crippen molar-refractivity contribution in [2.24, 2.45) is 5.92 Å². The third-order valence-electron chi connectivity index (χ3n) is 7.08. The Hall–Kier alpha value is -3.09. The SMILES string of the molecule is CCCCCC1CCC(c2ccc(-c3ccc(F)c(F)c3Oc3ccc(OC(F)(F)F)cc3)cc2)CC1. The van der Waals surface area contributed by atoms with E-state index in [1.54, 1.807) is 0 Å². The molecule has 7 heteroatoms. The molecule has 3 aromatic carbocycles. The first-order valence-corrected chi connectivity index (χ1v) is 12.9. The van der Waals surface area contributed by atoms with Crippen LogP contribution in [0.1, 0.15) is 69.8 Å². The molecule has 1 fully saturated rings. The molecule has 0 atom stereocenters. The fourth-order valence-electron chi connectivity index (χ4n) is 5.09. The molecule has 0 radical (unpaired) electrons. The summed E-state index contributed by atoms with van der Waals surface area (Å²) in [5.74, 6) is -1.66. The molecule has 0 aliphatic heterocycles. The van der Waals surface area contributed by atoms with Crippen molar-refractivity contribution in [1.82, 2.24) is 0 Å². The van der Waals surface area contributed by atoms with E-state index in [1.807, 2.05) is 24.3 Å². The van der Waals surface area contributed by atoms with Gasteiger partial charge in [0.15, 0.2) is 11.6 Å². The summed E-state index contributed by atoms with van der Waals surface area (Å²) >= 11 is 0. The van der Waals surface area contributed by atoms with Crippen molar-refractivity contribution < 1.29 is 31.4 Å². The number of rotatable bonds is 9. The van der Waals surface area contributed by atoms with Gasteiger partial charge in [-0.05, 0) is 85.0 Å². The minimum Gasteiger partial charge on any atom is -0.454 e. The zero-order valence-corrected chi connectivity index (χ0v) is 20.8. The molecule has 4 rings (SSSR count). The smallest absolute Gasteiger partial charge is 0.454 e. The fourth-order valence-corrected chi connectivity index (χ4v) is 5.09. The van der Waals surface area contributed by atoms with Crippen LogP contribution in [0.15, 0.2) is 60.7 Å². The summed E-state index contributed by atoms with van der Waals surface area (Å²) in [6, 6.07) is 14.8. The van der Waals surface area contributed by atoms with Gasteiger partial charge in [-0.1, -0.05) is 56.9 Å². The van der Waals surface area contributed by atoms with E-state index >= 15 is 0 Å². The maximum atomic E-state index is 14.8. The van der Waals surface area contributed by atoms with Gasteiger partial charge in [0.05, 0.1) is 0 Å². The number of hydrogen-bond donors (Lipinski definition) is 0. The van der Waals surface area contributed by atoms with Gasteiger partial charge in [0.2, 0.25) is 5.82 Å². The van der Waals surface area contributed by atoms with Crippen LogP contribution in [-0.2, 0) is 0 Å². The van der Waals surface area contributed by atoms with E-state index in [-0.39, 0.29) is 11.5 Å². The molecule has 0 bridgehead atoms. The van der Waals surface area contributed by atoms with Gasteiger partial charge in [-0.3, -0.25) is 0 Å². The first-order chi connectivity index (χ1) is 17.7. The molecular weight excluding hydrogens is 487 g/mol. The van der Waals surface area contributed by atoms with E-state index in [4.69, 9.17) is 4.74 Å². The number of ether oxygens (including phenoxy) is 2. The number of benzene rings is 3. The molecule has 0 unspecified atom stereocenters.